The van der Waals surface area contributed by atoms with E-state index in [1.807, 2.05) is 42.5 Å². The molecule has 0 saturated carbocycles. The molecule has 0 amide bonds. The van der Waals surface area contributed by atoms with Gasteiger partial charge < -0.3 is 10.5 Å². The van der Waals surface area contributed by atoms with Crippen LogP contribution < -0.4 is 10.5 Å². The highest BCUT2D eigenvalue weighted by molar-refractivity contribution is 5.50. The molecular formula is C12H14N2O. The van der Waals surface area contributed by atoms with Crippen LogP contribution in [0, 0.1) is 11.3 Å². The minimum absolute atomic E-state index is 0.412. The summed E-state index contributed by atoms with van der Waals surface area (Å²) in [6.07, 6.45) is 4.26. The summed E-state index contributed by atoms with van der Waals surface area (Å²) in [5, 5.41) is 8.33. The minimum Gasteiger partial charge on any atom is -0.493 e. The summed E-state index contributed by atoms with van der Waals surface area (Å²) in [7, 11) is 0. The van der Waals surface area contributed by atoms with Gasteiger partial charge in [-0.1, -0.05) is 24.3 Å². The van der Waals surface area contributed by atoms with Gasteiger partial charge in [0.25, 0.3) is 0 Å². The van der Waals surface area contributed by atoms with Gasteiger partial charge in [-0.05, 0) is 17.7 Å². The predicted molar refractivity (Wildman–Crippen MR) is 60.3 cm³/mol. The highest BCUT2D eigenvalue weighted by Gasteiger charge is 1.92. The van der Waals surface area contributed by atoms with Crippen LogP contribution in [0.4, 0.5) is 0 Å². The molecule has 0 aliphatic rings. The normalized spacial score (nSPS) is 10.1. The van der Waals surface area contributed by atoms with E-state index in [4.69, 9.17) is 15.7 Å². The number of rotatable bonds is 5. The van der Waals surface area contributed by atoms with Crippen LogP contribution in [0.2, 0.25) is 0 Å². The Morgan fingerprint density at radius 3 is 2.67 bits per heavy atom. The second kappa shape index (κ2) is 6.63. The van der Waals surface area contributed by atoms with Crippen molar-refractivity contribution < 1.29 is 4.74 Å². The molecule has 0 aliphatic carbocycles. The summed E-state index contributed by atoms with van der Waals surface area (Å²) in [6.45, 7) is 0.981. The molecule has 3 heteroatoms. The van der Waals surface area contributed by atoms with Gasteiger partial charge in [-0.15, -0.1) is 0 Å². The zero-order valence-corrected chi connectivity index (χ0v) is 8.52. The molecule has 1 aromatic rings. The molecule has 0 fully saturated rings. The number of nitrogens with two attached hydrogens (primary N) is 1. The molecule has 1 rings (SSSR count). The zero-order valence-electron chi connectivity index (χ0n) is 8.52. The van der Waals surface area contributed by atoms with Crippen molar-refractivity contribution in [1.82, 2.24) is 0 Å². The maximum atomic E-state index is 8.33. The smallest absolute Gasteiger partial charge is 0.119 e. The number of nitriles is 1. The first kappa shape index (κ1) is 11.3. The Labute approximate surface area is 89.8 Å². The lowest BCUT2D eigenvalue weighted by molar-refractivity contribution is 0.326. The van der Waals surface area contributed by atoms with E-state index in [9.17, 15) is 0 Å². The number of hydrogen-bond donors (Lipinski definition) is 1. The van der Waals surface area contributed by atoms with Crippen LogP contribution in [-0.4, -0.2) is 13.2 Å². The van der Waals surface area contributed by atoms with Gasteiger partial charge >= 0.3 is 0 Å². The summed E-state index contributed by atoms with van der Waals surface area (Å²) >= 11 is 0. The molecule has 1 aromatic carbocycles. The third-order valence-electron chi connectivity index (χ3n) is 1.81. The van der Waals surface area contributed by atoms with E-state index in [0.717, 1.165) is 11.3 Å². The average molecular weight is 202 g/mol. The fourth-order valence-corrected chi connectivity index (χ4v) is 1.09. The standard InChI is InChI=1S/C12H14N2O/c13-8-1-3-11-4-6-12(7-5-11)15-10-2-9-14/h1,3-7H,2,8,10,13H2. The molecule has 3 nitrogen and oxygen atoms in total. The lowest BCUT2D eigenvalue weighted by Gasteiger charge is -2.03. The largest absolute Gasteiger partial charge is 0.493 e. The van der Waals surface area contributed by atoms with Crippen molar-refractivity contribution in [2.45, 2.75) is 6.42 Å². The van der Waals surface area contributed by atoms with E-state index in [1.165, 1.54) is 0 Å². The van der Waals surface area contributed by atoms with Gasteiger partial charge in [0, 0.05) is 6.54 Å². The Morgan fingerprint density at radius 2 is 2.07 bits per heavy atom. The van der Waals surface area contributed by atoms with Crippen LogP contribution in [0.25, 0.3) is 6.08 Å². The monoisotopic (exact) mass is 202 g/mol. The summed E-state index contributed by atoms with van der Waals surface area (Å²) in [5.74, 6) is 0.787. The molecule has 0 atom stereocenters. The van der Waals surface area contributed by atoms with Crippen molar-refractivity contribution in [3.8, 4) is 11.8 Å². The van der Waals surface area contributed by atoms with Crippen LogP contribution in [-0.2, 0) is 0 Å². The van der Waals surface area contributed by atoms with Crippen molar-refractivity contribution in [3.63, 3.8) is 0 Å². The summed E-state index contributed by atoms with van der Waals surface area (Å²) in [5.41, 5.74) is 6.44. The van der Waals surface area contributed by atoms with Gasteiger partial charge in [-0.2, -0.15) is 5.26 Å². The summed E-state index contributed by atoms with van der Waals surface area (Å²) in [6, 6.07) is 9.70. The van der Waals surface area contributed by atoms with Gasteiger partial charge in [0.1, 0.15) is 12.4 Å². The number of benzene rings is 1. The molecule has 0 bridgehead atoms. The molecule has 0 spiro atoms. The van der Waals surface area contributed by atoms with Crippen LogP contribution >= 0.6 is 0 Å². The Balaban J connectivity index is 2.49. The Hall–Kier alpha value is -1.79. The van der Waals surface area contributed by atoms with Crippen molar-refractivity contribution >= 4 is 6.08 Å². The third kappa shape index (κ3) is 4.30. The first-order chi connectivity index (χ1) is 7.36. The second-order valence-electron chi connectivity index (χ2n) is 2.96. The van der Waals surface area contributed by atoms with E-state index >= 15 is 0 Å². The first-order valence-corrected chi connectivity index (χ1v) is 4.83. The Kier molecular flexibility index (Phi) is 4.99. The Morgan fingerprint density at radius 1 is 1.33 bits per heavy atom. The van der Waals surface area contributed by atoms with E-state index in [0.29, 0.717) is 19.6 Å². The van der Waals surface area contributed by atoms with E-state index in [2.05, 4.69) is 0 Å². The van der Waals surface area contributed by atoms with Crippen molar-refractivity contribution in [1.29, 1.82) is 5.26 Å². The lowest BCUT2D eigenvalue weighted by atomic mass is 10.2. The van der Waals surface area contributed by atoms with Crippen LogP contribution in [0.15, 0.2) is 30.3 Å². The van der Waals surface area contributed by atoms with Crippen LogP contribution in [0.1, 0.15) is 12.0 Å². The van der Waals surface area contributed by atoms with Crippen molar-refractivity contribution in [2.24, 2.45) is 5.73 Å². The topological polar surface area (TPSA) is 59.0 Å². The van der Waals surface area contributed by atoms with Gasteiger partial charge in [-0.25, -0.2) is 0 Å². The van der Waals surface area contributed by atoms with E-state index in [1.54, 1.807) is 0 Å². The highest BCUT2D eigenvalue weighted by atomic mass is 16.5. The van der Waals surface area contributed by atoms with E-state index < -0.39 is 0 Å². The Bertz CT molecular complexity index is 349. The number of hydrogen-bond acceptors (Lipinski definition) is 3. The molecule has 0 aromatic heterocycles. The minimum atomic E-state index is 0.412. The second-order valence-corrected chi connectivity index (χ2v) is 2.96. The molecule has 0 saturated heterocycles. The zero-order chi connectivity index (χ0) is 10.9. The fraction of sp³-hybridized carbons (Fsp3) is 0.250. The molecule has 2 N–H and O–H groups in total. The first-order valence-electron chi connectivity index (χ1n) is 4.83. The molecule has 0 heterocycles. The highest BCUT2D eigenvalue weighted by Crippen LogP contribution is 2.13. The van der Waals surface area contributed by atoms with Crippen molar-refractivity contribution in [2.75, 3.05) is 13.2 Å². The maximum Gasteiger partial charge on any atom is 0.119 e. The molecule has 78 valence electrons. The van der Waals surface area contributed by atoms with Crippen LogP contribution in [0.3, 0.4) is 0 Å². The molecular weight excluding hydrogens is 188 g/mol. The average Bonchev–Trinajstić information content (AvgIpc) is 2.28. The molecule has 0 unspecified atom stereocenters. The summed E-state index contributed by atoms with van der Waals surface area (Å²) < 4.78 is 5.33. The lowest BCUT2D eigenvalue weighted by Crippen LogP contribution is -1.95. The molecule has 0 aliphatic heterocycles. The maximum absolute atomic E-state index is 8.33. The quantitative estimate of drug-likeness (QED) is 0.742. The molecule has 0 radical (unpaired) electrons. The van der Waals surface area contributed by atoms with E-state index in [-0.39, 0.29) is 0 Å². The molecule has 15 heavy (non-hydrogen) atoms. The summed E-state index contributed by atoms with van der Waals surface area (Å²) in [4.78, 5) is 0. The van der Waals surface area contributed by atoms with Gasteiger partial charge in [0.15, 0.2) is 0 Å². The van der Waals surface area contributed by atoms with Gasteiger partial charge in [0.2, 0.25) is 0 Å². The van der Waals surface area contributed by atoms with Crippen molar-refractivity contribution in [3.05, 3.63) is 35.9 Å². The number of ether oxygens (including phenoxy) is 1. The van der Waals surface area contributed by atoms with Gasteiger partial charge in [0.05, 0.1) is 12.5 Å². The predicted octanol–water partition coefficient (Wildman–Crippen LogP) is 1.95. The van der Waals surface area contributed by atoms with Crippen LogP contribution in [0.5, 0.6) is 5.75 Å². The van der Waals surface area contributed by atoms with Gasteiger partial charge in [-0.3, -0.25) is 0 Å². The third-order valence-corrected chi connectivity index (χ3v) is 1.81. The fourth-order valence-electron chi connectivity index (χ4n) is 1.09. The SMILES string of the molecule is N#CCCOc1ccc(C=CCN)cc1. The number of nitrogens with zero attached hydrogens (tertiary/aromatic N) is 1.